The Morgan fingerprint density at radius 2 is 2.22 bits per heavy atom. The van der Waals surface area contributed by atoms with Gasteiger partial charge in [0.25, 0.3) is 0 Å². The normalized spacial score (nSPS) is 12.4. The van der Waals surface area contributed by atoms with Gasteiger partial charge in [0.2, 0.25) is 0 Å². The first-order chi connectivity index (χ1) is 8.61. The van der Waals surface area contributed by atoms with Crippen LogP contribution in [0.2, 0.25) is 0 Å². The minimum absolute atomic E-state index is 0.324. The van der Waals surface area contributed by atoms with E-state index >= 15 is 0 Å². The Morgan fingerprint density at radius 3 is 2.83 bits per heavy atom. The maximum absolute atomic E-state index is 5.71. The average molecular weight is 261 g/mol. The van der Waals surface area contributed by atoms with Crippen LogP contribution < -0.4 is 10.6 Å². The number of thiophene rings is 1. The number of rotatable bonds is 4. The van der Waals surface area contributed by atoms with Crippen molar-refractivity contribution in [2.24, 2.45) is 5.73 Å². The predicted octanol–water partition coefficient (Wildman–Crippen LogP) is 3.11. The highest BCUT2D eigenvalue weighted by atomic mass is 32.1. The van der Waals surface area contributed by atoms with Crippen LogP contribution in [0.25, 0.3) is 0 Å². The molecule has 0 saturated heterocycles. The van der Waals surface area contributed by atoms with Crippen molar-refractivity contribution in [2.45, 2.75) is 26.4 Å². The van der Waals surface area contributed by atoms with E-state index in [-0.39, 0.29) is 0 Å². The van der Waals surface area contributed by atoms with E-state index in [2.05, 4.69) is 47.4 Å². The van der Waals surface area contributed by atoms with Crippen LogP contribution in [0, 0.1) is 6.92 Å². The van der Waals surface area contributed by atoms with Gasteiger partial charge in [0.15, 0.2) is 0 Å². The lowest BCUT2D eigenvalue weighted by molar-refractivity contribution is 0.739. The molecule has 0 radical (unpaired) electrons. The van der Waals surface area contributed by atoms with Crippen molar-refractivity contribution in [3.63, 3.8) is 0 Å². The third kappa shape index (κ3) is 2.71. The molecule has 0 saturated carbocycles. The molecule has 0 aliphatic heterocycles. The van der Waals surface area contributed by atoms with Crippen LogP contribution in [-0.4, -0.2) is 12.0 Å². The molecule has 0 fully saturated rings. The maximum atomic E-state index is 5.71. The molecule has 18 heavy (non-hydrogen) atoms. The molecular formula is C14H19N3S. The van der Waals surface area contributed by atoms with Crippen molar-refractivity contribution in [3.8, 4) is 0 Å². The summed E-state index contributed by atoms with van der Waals surface area (Å²) < 4.78 is 0. The highest BCUT2D eigenvalue weighted by Crippen LogP contribution is 2.27. The first kappa shape index (κ1) is 13.1. The summed E-state index contributed by atoms with van der Waals surface area (Å²) in [5.41, 5.74) is 7.85. The highest BCUT2D eigenvalue weighted by molar-refractivity contribution is 7.10. The summed E-state index contributed by atoms with van der Waals surface area (Å²) in [6.07, 6.45) is 0. The number of nitrogens with two attached hydrogens (primary N) is 1. The minimum atomic E-state index is 0.324. The van der Waals surface area contributed by atoms with Gasteiger partial charge in [-0.2, -0.15) is 0 Å². The smallest absolute Gasteiger partial charge is 0.129 e. The van der Waals surface area contributed by atoms with Gasteiger partial charge in [-0.05, 0) is 43.0 Å². The molecule has 2 aromatic heterocycles. The fourth-order valence-electron chi connectivity index (χ4n) is 1.94. The van der Waals surface area contributed by atoms with Crippen LogP contribution in [0.3, 0.4) is 0 Å². The molecule has 1 unspecified atom stereocenters. The molecule has 2 rings (SSSR count). The van der Waals surface area contributed by atoms with Crippen LogP contribution in [0.15, 0.2) is 29.6 Å². The van der Waals surface area contributed by atoms with Gasteiger partial charge < -0.3 is 10.6 Å². The number of aryl methyl sites for hydroxylation is 1. The van der Waals surface area contributed by atoms with Gasteiger partial charge in [0.05, 0.1) is 6.04 Å². The molecule has 0 aliphatic rings. The summed E-state index contributed by atoms with van der Waals surface area (Å²) in [6, 6.07) is 8.67. The van der Waals surface area contributed by atoms with Crippen LogP contribution >= 0.6 is 11.3 Å². The Morgan fingerprint density at radius 1 is 1.44 bits per heavy atom. The summed E-state index contributed by atoms with van der Waals surface area (Å²) in [4.78, 5) is 8.12. The Labute approximate surface area is 112 Å². The van der Waals surface area contributed by atoms with Crippen LogP contribution in [0.4, 0.5) is 5.82 Å². The Balaban J connectivity index is 2.28. The zero-order chi connectivity index (χ0) is 13.1. The number of anilines is 1. The molecule has 3 nitrogen and oxygen atoms in total. The van der Waals surface area contributed by atoms with Gasteiger partial charge in [-0.25, -0.2) is 4.98 Å². The number of pyridine rings is 1. The monoisotopic (exact) mass is 261 g/mol. The van der Waals surface area contributed by atoms with E-state index in [1.807, 2.05) is 13.0 Å². The van der Waals surface area contributed by atoms with E-state index in [0.29, 0.717) is 12.6 Å². The number of hydrogen-bond donors (Lipinski definition) is 1. The summed E-state index contributed by atoms with van der Waals surface area (Å²) in [5, 5.41) is 2.11. The lowest BCUT2D eigenvalue weighted by atomic mass is 10.2. The van der Waals surface area contributed by atoms with E-state index in [1.165, 1.54) is 4.88 Å². The van der Waals surface area contributed by atoms with Gasteiger partial charge in [-0.15, -0.1) is 11.3 Å². The van der Waals surface area contributed by atoms with Crippen LogP contribution in [0.1, 0.15) is 29.1 Å². The first-order valence-electron chi connectivity index (χ1n) is 6.05. The number of nitrogens with zero attached hydrogens (tertiary/aromatic N) is 2. The van der Waals surface area contributed by atoms with Crippen molar-refractivity contribution < 1.29 is 0 Å². The van der Waals surface area contributed by atoms with Crippen molar-refractivity contribution in [2.75, 3.05) is 11.9 Å². The third-order valence-corrected chi connectivity index (χ3v) is 4.18. The summed E-state index contributed by atoms with van der Waals surface area (Å²) in [7, 11) is 2.08. The van der Waals surface area contributed by atoms with Gasteiger partial charge in [-0.3, -0.25) is 0 Å². The van der Waals surface area contributed by atoms with Gasteiger partial charge in [0.1, 0.15) is 5.82 Å². The average Bonchev–Trinajstić information content (AvgIpc) is 2.90. The van der Waals surface area contributed by atoms with Crippen molar-refractivity contribution >= 4 is 17.2 Å². The summed E-state index contributed by atoms with van der Waals surface area (Å²) in [6.45, 7) is 4.75. The molecule has 96 valence electrons. The Hall–Kier alpha value is -1.39. The Bertz CT molecular complexity index is 508. The number of aromatic nitrogens is 1. The van der Waals surface area contributed by atoms with Gasteiger partial charge in [0, 0.05) is 24.2 Å². The SMILES string of the molecule is Cc1cc(CN)cc(N(C)C(C)c2cccs2)n1. The van der Waals surface area contributed by atoms with Gasteiger partial charge >= 0.3 is 0 Å². The fourth-order valence-corrected chi connectivity index (χ4v) is 2.76. The maximum Gasteiger partial charge on any atom is 0.129 e. The second-order valence-electron chi connectivity index (χ2n) is 4.48. The summed E-state index contributed by atoms with van der Waals surface area (Å²) >= 11 is 1.77. The quantitative estimate of drug-likeness (QED) is 0.919. The standard InChI is InChI=1S/C14H19N3S/c1-10-7-12(9-15)8-14(16-10)17(3)11(2)13-5-4-6-18-13/h4-8,11H,9,15H2,1-3H3. The third-order valence-electron chi connectivity index (χ3n) is 3.13. The lowest BCUT2D eigenvalue weighted by Crippen LogP contribution is -2.22. The molecule has 0 bridgehead atoms. The molecule has 0 spiro atoms. The zero-order valence-corrected chi connectivity index (χ0v) is 11.9. The molecule has 0 aliphatic carbocycles. The molecule has 2 N–H and O–H groups in total. The first-order valence-corrected chi connectivity index (χ1v) is 6.93. The van der Waals surface area contributed by atoms with Crippen molar-refractivity contribution in [1.82, 2.24) is 4.98 Å². The van der Waals surface area contributed by atoms with E-state index in [0.717, 1.165) is 17.1 Å². The molecule has 0 aromatic carbocycles. The molecule has 0 amide bonds. The largest absolute Gasteiger partial charge is 0.352 e. The van der Waals surface area contributed by atoms with Crippen LogP contribution in [0.5, 0.6) is 0 Å². The molecule has 2 heterocycles. The molecule has 4 heteroatoms. The van der Waals surface area contributed by atoms with Crippen molar-refractivity contribution in [1.29, 1.82) is 0 Å². The van der Waals surface area contributed by atoms with E-state index in [1.54, 1.807) is 11.3 Å². The summed E-state index contributed by atoms with van der Waals surface area (Å²) in [5.74, 6) is 0.983. The number of hydrogen-bond acceptors (Lipinski definition) is 4. The van der Waals surface area contributed by atoms with E-state index in [9.17, 15) is 0 Å². The molecule has 1 atom stereocenters. The fraction of sp³-hybridized carbons (Fsp3) is 0.357. The zero-order valence-electron chi connectivity index (χ0n) is 11.1. The second-order valence-corrected chi connectivity index (χ2v) is 5.46. The predicted molar refractivity (Wildman–Crippen MR) is 78.0 cm³/mol. The van der Waals surface area contributed by atoms with E-state index < -0.39 is 0 Å². The topological polar surface area (TPSA) is 42.1 Å². The minimum Gasteiger partial charge on any atom is -0.352 e. The van der Waals surface area contributed by atoms with Crippen molar-refractivity contribution in [3.05, 3.63) is 45.8 Å². The van der Waals surface area contributed by atoms with E-state index in [4.69, 9.17) is 5.73 Å². The molecular weight excluding hydrogens is 242 g/mol. The lowest BCUT2D eigenvalue weighted by Gasteiger charge is -2.26. The van der Waals surface area contributed by atoms with Crippen LogP contribution in [-0.2, 0) is 6.54 Å². The Kier molecular flexibility index (Phi) is 3.99. The molecule has 2 aromatic rings. The van der Waals surface area contributed by atoms with Gasteiger partial charge in [-0.1, -0.05) is 6.07 Å². The second kappa shape index (κ2) is 5.50. The highest BCUT2D eigenvalue weighted by Gasteiger charge is 2.14.